The first-order valence-electron chi connectivity index (χ1n) is 10.2. The van der Waals surface area contributed by atoms with Gasteiger partial charge in [-0.15, -0.1) is 0 Å². The van der Waals surface area contributed by atoms with Crippen molar-refractivity contribution >= 4 is 29.3 Å². The molecular weight excluding hydrogens is 412 g/mol. The summed E-state index contributed by atoms with van der Waals surface area (Å²) in [4.78, 5) is 26.9. The average Bonchev–Trinajstić information content (AvgIpc) is 2.79. The van der Waals surface area contributed by atoms with Crippen molar-refractivity contribution in [1.29, 1.82) is 0 Å². The van der Waals surface area contributed by atoms with Crippen molar-refractivity contribution in [3.63, 3.8) is 0 Å². The van der Waals surface area contributed by atoms with Gasteiger partial charge in [-0.2, -0.15) is 0 Å². The van der Waals surface area contributed by atoms with Gasteiger partial charge in [-0.3, -0.25) is 0 Å². The van der Waals surface area contributed by atoms with Crippen molar-refractivity contribution in [3.05, 3.63) is 100 Å². The highest BCUT2D eigenvalue weighted by molar-refractivity contribution is 6.30. The molecule has 0 saturated heterocycles. The molecule has 0 saturated carbocycles. The molecular formula is C25H23ClN2O3. The second-order valence-corrected chi connectivity index (χ2v) is 7.76. The zero-order valence-corrected chi connectivity index (χ0v) is 17.9. The lowest BCUT2D eigenvalue weighted by atomic mass is 9.88. The van der Waals surface area contributed by atoms with Crippen molar-refractivity contribution in [3.8, 4) is 0 Å². The number of ether oxygens (including phenoxy) is 1. The summed E-state index contributed by atoms with van der Waals surface area (Å²) >= 11 is 6.09. The van der Waals surface area contributed by atoms with Gasteiger partial charge >= 0.3 is 12.0 Å². The largest absolute Gasteiger partial charge is 0.462 e. The number of hydrogen-bond acceptors (Lipinski definition) is 3. The van der Waals surface area contributed by atoms with E-state index in [0.717, 1.165) is 17.5 Å². The van der Waals surface area contributed by atoms with Crippen LogP contribution in [0.2, 0.25) is 5.02 Å². The van der Waals surface area contributed by atoms with E-state index in [-0.39, 0.29) is 18.0 Å². The quantitative estimate of drug-likeness (QED) is 0.536. The summed E-state index contributed by atoms with van der Waals surface area (Å²) in [6, 6.07) is 22.1. The Morgan fingerprint density at radius 2 is 1.74 bits per heavy atom. The van der Waals surface area contributed by atoms with Gasteiger partial charge in [-0.1, -0.05) is 48.0 Å². The second-order valence-electron chi connectivity index (χ2n) is 7.32. The minimum Gasteiger partial charge on any atom is -0.462 e. The van der Waals surface area contributed by atoms with Gasteiger partial charge in [0.05, 0.1) is 18.2 Å². The molecule has 5 nitrogen and oxygen atoms in total. The van der Waals surface area contributed by atoms with Gasteiger partial charge in [0.25, 0.3) is 0 Å². The van der Waals surface area contributed by atoms with Gasteiger partial charge in [-0.05, 0) is 66.4 Å². The predicted molar refractivity (Wildman–Crippen MR) is 122 cm³/mol. The van der Waals surface area contributed by atoms with Gasteiger partial charge in [0.1, 0.15) is 0 Å². The number of nitrogens with one attached hydrogen (secondary N) is 1. The first kappa shape index (κ1) is 20.9. The van der Waals surface area contributed by atoms with E-state index in [1.54, 1.807) is 31.2 Å². The van der Waals surface area contributed by atoms with Crippen molar-refractivity contribution in [2.75, 3.05) is 18.5 Å². The number of fused-ring (bicyclic) bond motifs is 1. The van der Waals surface area contributed by atoms with Crippen molar-refractivity contribution in [2.24, 2.45) is 0 Å². The maximum atomic E-state index is 13.2. The summed E-state index contributed by atoms with van der Waals surface area (Å²) < 4.78 is 5.00. The second kappa shape index (κ2) is 9.23. The summed E-state index contributed by atoms with van der Waals surface area (Å²) in [5, 5.41) is 3.62. The Balaban J connectivity index is 1.59. The fourth-order valence-electron chi connectivity index (χ4n) is 3.89. The third-order valence-electron chi connectivity index (χ3n) is 5.38. The van der Waals surface area contributed by atoms with E-state index in [1.165, 1.54) is 5.56 Å². The predicted octanol–water partition coefficient (Wildman–Crippen LogP) is 5.70. The highest BCUT2D eigenvalue weighted by Crippen LogP contribution is 2.36. The first-order valence-corrected chi connectivity index (χ1v) is 10.6. The molecule has 31 heavy (non-hydrogen) atoms. The summed E-state index contributed by atoms with van der Waals surface area (Å²) in [6.45, 7) is 2.68. The summed E-state index contributed by atoms with van der Waals surface area (Å²) in [6.07, 6.45) is 0.787. The molecule has 3 aromatic rings. The number of amides is 2. The Labute approximate surface area is 186 Å². The summed E-state index contributed by atoms with van der Waals surface area (Å²) in [5.41, 5.74) is 4.43. The molecule has 3 aromatic carbocycles. The van der Waals surface area contributed by atoms with Crippen LogP contribution in [-0.4, -0.2) is 30.1 Å². The summed E-state index contributed by atoms with van der Waals surface area (Å²) in [5.74, 6) is -0.379. The molecule has 0 unspecified atom stereocenters. The minimum absolute atomic E-state index is 0.196. The topological polar surface area (TPSA) is 58.6 Å². The molecule has 1 N–H and O–H groups in total. The Kier molecular flexibility index (Phi) is 6.23. The number of nitrogens with zero attached hydrogens (tertiary/aromatic N) is 1. The molecule has 1 aliphatic rings. The highest BCUT2D eigenvalue weighted by Gasteiger charge is 2.32. The van der Waals surface area contributed by atoms with Crippen LogP contribution in [-0.2, 0) is 11.2 Å². The molecule has 4 rings (SSSR count). The zero-order chi connectivity index (χ0) is 21.8. The lowest BCUT2D eigenvalue weighted by molar-refractivity contribution is 0.0526. The number of benzene rings is 3. The molecule has 0 radical (unpaired) electrons. The fourth-order valence-corrected chi connectivity index (χ4v) is 4.02. The van der Waals surface area contributed by atoms with Crippen LogP contribution in [0.25, 0.3) is 0 Å². The van der Waals surface area contributed by atoms with E-state index in [0.29, 0.717) is 29.4 Å². The van der Waals surface area contributed by atoms with Crippen molar-refractivity contribution < 1.29 is 14.3 Å². The molecule has 1 aliphatic heterocycles. The third-order valence-corrected chi connectivity index (χ3v) is 5.63. The molecule has 0 bridgehead atoms. The van der Waals surface area contributed by atoms with Gasteiger partial charge in [-0.25, -0.2) is 9.59 Å². The van der Waals surface area contributed by atoms with Crippen molar-refractivity contribution in [2.45, 2.75) is 19.4 Å². The van der Waals surface area contributed by atoms with Gasteiger partial charge in [0.15, 0.2) is 0 Å². The van der Waals surface area contributed by atoms with E-state index >= 15 is 0 Å². The molecule has 2 amide bonds. The Morgan fingerprint density at radius 3 is 2.45 bits per heavy atom. The number of urea groups is 1. The molecule has 1 heterocycles. The van der Waals surface area contributed by atoms with Gasteiger partial charge in [0.2, 0.25) is 0 Å². The number of carbonyl (C=O) groups excluding carboxylic acids is 2. The number of halogens is 1. The molecule has 0 aliphatic carbocycles. The number of anilines is 1. The Morgan fingerprint density at radius 1 is 1.03 bits per heavy atom. The lowest BCUT2D eigenvalue weighted by Gasteiger charge is -2.37. The highest BCUT2D eigenvalue weighted by atomic mass is 35.5. The van der Waals surface area contributed by atoms with Crippen LogP contribution in [0.4, 0.5) is 10.5 Å². The monoisotopic (exact) mass is 434 g/mol. The first-order chi connectivity index (χ1) is 15.1. The van der Waals surface area contributed by atoms with E-state index in [9.17, 15) is 9.59 Å². The van der Waals surface area contributed by atoms with E-state index in [4.69, 9.17) is 16.3 Å². The number of rotatable bonds is 4. The standard InChI is InChI=1S/C25H23ClN2O3/c1-2-31-24(29)19-9-13-21(14-10-19)27-25(30)28-16-15-17-5-3-4-6-22(17)23(28)18-7-11-20(26)12-8-18/h3-14,23H,2,15-16H2,1H3,(H,27,30)/t23-/m0/s1. The third kappa shape index (κ3) is 4.57. The Bertz CT molecular complexity index is 1080. The molecule has 0 fully saturated rings. The normalized spacial score (nSPS) is 15.2. The van der Waals surface area contributed by atoms with Gasteiger partial charge < -0.3 is 15.0 Å². The summed E-state index contributed by atoms with van der Waals surface area (Å²) in [7, 11) is 0. The van der Waals surface area contributed by atoms with Crippen molar-refractivity contribution in [1.82, 2.24) is 4.90 Å². The molecule has 158 valence electrons. The number of hydrogen-bond donors (Lipinski definition) is 1. The molecule has 6 heteroatoms. The van der Waals surface area contributed by atoms with Crippen LogP contribution in [0.5, 0.6) is 0 Å². The number of carbonyl (C=O) groups is 2. The van der Waals surface area contributed by atoms with Crippen LogP contribution in [0.15, 0.2) is 72.8 Å². The van der Waals surface area contributed by atoms with E-state index in [1.807, 2.05) is 41.3 Å². The number of esters is 1. The fraction of sp³-hybridized carbons (Fsp3) is 0.200. The Hall–Kier alpha value is -3.31. The van der Waals surface area contributed by atoms with Crippen LogP contribution < -0.4 is 5.32 Å². The van der Waals surface area contributed by atoms with E-state index in [2.05, 4.69) is 17.4 Å². The maximum absolute atomic E-state index is 13.2. The van der Waals surface area contributed by atoms with Crippen LogP contribution in [0.1, 0.15) is 40.0 Å². The lowest BCUT2D eigenvalue weighted by Crippen LogP contribution is -2.43. The van der Waals surface area contributed by atoms with Crippen LogP contribution in [0.3, 0.4) is 0 Å². The SMILES string of the molecule is CCOC(=O)c1ccc(NC(=O)N2CCc3ccccc3[C@@H]2c2ccc(Cl)cc2)cc1. The average molecular weight is 435 g/mol. The maximum Gasteiger partial charge on any atom is 0.338 e. The molecule has 0 aromatic heterocycles. The smallest absolute Gasteiger partial charge is 0.338 e. The molecule has 0 spiro atoms. The van der Waals surface area contributed by atoms with Crippen LogP contribution >= 0.6 is 11.6 Å². The zero-order valence-electron chi connectivity index (χ0n) is 17.2. The van der Waals surface area contributed by atoms with Gasteiger partial charge in [0, 0.05) is 17.3 Å². The molecule has 1 atom stereocenters. The minimum atomic E-state index is -0.379. The van der Waals surface area contributed by atoms with Crippen LogP contribution in [0, 0.1) is 0 Å². The van der Waals surface area contributed by atoms with E-state index < -0.39 is 0 Å².